The molecular weight excluding hydrogens is 412 g/mol. The second-order valence-corrected chi connectivity index (χ2v) is 8.15. The van der Waals surface area contributed by atoms with E-state index in [2.05, 4.69) is 15.5 Å². The molecule has 0 fully saturated rings. The van der Waals surface area contributed by atoms with Gasteiger partial charge in [-0.1, -0.05) is 35.9 Å². The minimum atomic E-state index is -3.97. The lowest BCUT2D eigenvalue weighted by molar-refractivity contribution is -0.119. The summed E-state index contributed by atoms with van der Waals surface area (Å²) in [4.78, 5) is 16.5. The van der Waals surface area contributed by atoms with Gasteiger partial charge in [0.25, 0.3) is 15.9 Å². The van der Waals surface area contributed by atoms with E-state index in [-0.39, 0.29) is 4.90 Å². The molecule has 1 heterocycles. The van der Waals surface area contributed by atoms with Crippen LogP contribution in [0, 0.1) is 0 Å². The average molecular weight is 429 g/mol. The predicted octanol–water partition coefficient (Wildman–Crippen LogP) is 3.08. The van der Waals surface area contributed by atoms with Crippen molar-refractivity contribution >= 4 is 39.4 Å². The van der Waals surface area contributed by atoms with Crippen molar-refractivity contribution in [2.45, 2.75) is 4.90 Å². The molecule has 29 heavy (non-hydrogen) atoms. The Morgan fingerprint density at radius 1 is 1.03 bits per heavy atom. The molecule has 0 bridgehead atoms. The van der Waals surface area contributed by atoms with E-state index in [4.69, 9.17) is 11.6 Å². The van der Waals surface area contributed by atoms with Crippen LogP contribution in [0.15, 0.2) is 89.0 Å². The molecule has 148 valence electrons. The van der Waals surface area contributed by atoms with Crippen molar-refractivity contribution in [2.75, 3.05) is 10.8 Å². The highest BCUT2D eigenvalue weighted by Gasteiger charge is 2.27. The summed E-state index contributed by atoms with van der Waals surface area (Å²) in [5, 5.41) is 4.28. The number of anilines is 1. The van der Waals surface area contributed by atoms with Gasteiger partial charge in [0.15, 0.2) is 0 Å². The monoisotopic (exact) mass is 428 g/mol. The predicted molar refractivity (Wildman–Crippen MR) is 112 cm³/mol. The summed E-state index contributed by atoms with van der Waals surface area (Å²) in [5.74, 6) is -0.605. The van der Waals surface area contributed by atoms with Gasteiger partial charge in [-0.05, 0) is 48.5 Å². The van der Waals surface area contributed by atoms with Gasteiger partial charge in [0.2, 0.25) is 0 Å². The molecule has 0 spiro atoms. The van der Waals surface area contributed by atoms with Gasteiger partial charge < -0.3 is 0 Å². The van der Waals surface area contributed by atoms with Gasteiger partial charge >= 0.3 is 0 Å². The third-order valence-corrected chi connectivity index (χ3v) is 5.85. The zero-order chi connectivity index (χ0) is 20.7. The number of amides is 1. The Balaban J connectivity index is 1.83. The fourth-order valence-corrected chi connectivity index (χ4v) is 4.00. The van der Waals surface area contributed by atoms with Gasteiger partial charge in [-0.15, -0.1) is 0 Å². The van der Waals surface area contributed by atoms with Crippen LogP contribution in [0.3, 0.4) is 0 Å². The largest absolute Gasteiger partial charge is 0.271 e. The number of halogens is 1. The fraction of sp³-hybridized carbons (Fsp3) is 0.0500. The van der Waals surface area contributed by atoms with Crippen molar-refractivity contribution in [1.82, 2.24) is 10.4 Å². The van der Waals surface area contributed by atoms with Crippen LogP contribution < -0.4 is 9.73 Å². The molecule has 1 amide bonds. The number of aromatic nitrogens is 1. The molecule has 1 aromatic heterocycles. The van der Waals surface area contributed by atoms with E-state index < -0.39 is 22.5 Å². The Kier molecular flexibility index (Phi) is 6.58. The maximum Gasteiger partial charge on any atom is 0.264 e. The van der Waals surface area contributed by atoms with Crippen LogP contribution in [0.1, 0.15) is 5.69 Å². The SMILES string of the molecule is O=C(CN(c1ccc(Cl)cc1)S(=O)(=O)c1ccccc1)N/N=C/c1ccccn1. The Labute approximate surface area is 173 Å². The van der Waals surface area contributed by atoms with Crippen LogP contribution in [-0.4, -0.2) is 32.1 Å². The lowest BCUT2D eigenvalue weighted by Crippen LogP contribution is -2.39. The van der Waals surface area contributed by atoms with Crippen molar-refractivity contribution in [3.63, 3.8) is 0 Å². The van der Waals surface area contributed by atoms with Crippen LogP contribution in [0.4, 0.5) is 5.69 Å². The second kappa shape index (κ2) is 9.31. The molecule has 7 nitrogen and oxygen atoms in total. The minimum Gasteiger partial charge on any atom is -0.271 e. The number of carbonyl (C=O) groups excluding carboxylic acids is 1. The third kappa shape index (κ3) is 5.40. The van der Waals surface area contributed by atoms with Crippen LogP contribution in [0.25, 0.3) is 0 Å². The molecule has 0 aliphatic heterocycles. The minimum absolute atomic E-state index is 0.0692. The molecule has 0 aliphatic carbocycles. The van der Waals surface area contributed by atoms with E-state index in [1.165, 1.54) is 30.5 Å². The molecule has 0 aliphatic rings. The van der Waals surface area contributed by atoms with Gasteiger partial charge in [0, 0.05) is 11.2 Å². The van der Waals surface area contributed by atoms with Gasteiger partial charge in [-0.3, -0.25) is 14.1 Å². The first-order chi connectivity index (χ1) is 14.0. The summed E-state index contributed by atoms with van der Waals surface area (Å²) in [6, 6.07) is 19.3. The number of hydrogen-bond acceptors (Lipinski definition) is 5. The first-order valence-corrected chi connectivity index (χ1v) is 10.3. The first kappa shape index (κ1) is 20.5. The zero-order valence-electron chi connectivity index (χ0n) is 15.1. The Bertz CT molecular complexity index is 1090. The van der Waals surface area contributed by atoms with E-state index in [1.807, 2.05) is 0 Å². The highest BCUT2D eigenvalue weighted by atomic mass is 35.5. The summed E-state index contributed by atoms with van der Waals surface area (Å²) in [7, 11) is -3.97. The second-order valence-electron chi connectivity index (χ2n) is 5.85. The van der Waals surface area contributed by atoms with Crippen LogP contribution in [-0.2, 0) is 14.8 Å². The Hall–Kier alpha value is -3.23. The molecule has 0 atom stereocenters. The standard InChI is InChI=1S/C20H17ClN4O3S/c21-16-9-11-18(12-10-16)25(29(27,28)19-7-2-1-3-8-19)15-20(26)24-23-14-17-6-4-5-13-22-17/h1-14H,15H2,(H,24,26)/b23-14+. The number of pyridine rings is 1. The van der Waals surface area contributed by atoms with E-state index in [9.17, 15) is 13.2 Å². The maximum atomic E-state index is 13.1. The molecule has 0 unspecified atom stereocenters. The smallest absolute Gasteiger partial charge is 0.264 e. The van der Waals surface area contributed by atoms with E-state index in [1.54, 1.807) is 54.7 Å². The van der Waals surface area contributed by atoms with E-state index in [0.717, 1.165) is 4.31 Å². The lowest BCUT2D eigenvalue weighted by atomic mass is 10.3. The summed E-state index contributed by atoms with van der Waals surface area (Å²) in [5.41, 5.74) is 3.19. The highest BCUT2D eigenvalue weighted by molar-refractivity contribution is 7.92. The maximum absolute atomic E-state index is 13.1. The number of sulfonamides is 1. The van der Waals surface area contributed by atoms with Crippen LogP contribution in [0.5, 0.6) is 0 Å². The first-order valence-electron chi connectivity index (χ1n) is 8.53. The fourth-order valence-electron chi connectivity index (χ4n) is 2.43. The van der Waals surface area contributed by atoms with Gasteiger partial charge in [-0.25, -0.2) is 13.8 Å². The number of benzene rings is 2. The molecule has 0 radical (unpaired) electrons. The molecule has 1 N–H and O–H groups in total. The summed E-state index contributed by atoms with van der Waals surface area (Å²) < 4.78 is 27.2. The molecule has 9 heteroatoms. The third-order valence-electron chi connectivity index (χ3n) is 3.81. The van der Waals surface area contributed by atoms with Gasteiger partial charge in [0.1, 0.15) is 6.54 Å². The van der Waals surface area contributed by atoms with Crippen molar-refractivity contribution in [3.8, 4) is 0 Å². The van der Waals surface area contributed by atoms with Gasteiger partial charge in [-0.2, -0.15) is 5.10 Å². The normalized spacial score (nSPS) is 11.3. The van der Waals surface area contributed by atoms with E-state index in [0.29, 0.717) is 16.4 Å². The number of nitrogens with one attached hydrogen (secondary N) is 1. The van der Waals surface area contributed by atoms with Gasteiger partial charge in [0.05, 0.1) is 22.5 Å². The summed E-state index contributed by atoms with van der Waals surface area (Å²) in [6.45, 7) is -0.460. The Morgan fingerprint density at radius 2 is 1.72 bits per heavy atom. The molecule has 0 saturated heterocycles. The number of nitrogens with zero attached hydrogens (tertiary/aromatic N) is 3. The number of rotatable bonds is 7. The summed E-state index contributed by atoms with van der Waals surface area (Å²) in [6.07, 6.45) is 2.97. The molecule has 0 saturated carbocycles. The Morgan fingerprint density at radius 3 is 2.38 bits per heavy atom. The number of hydrogen-bond donors (Lipinski definition) is 1. The van der Waals surface area contributed by atoms with Crippen LogP contribution in [0.2, 0.25) is 5.02 Å². The number of carbonyl (C=O) groups is 1. The average Bonchev–Trinajstić information content (AvgIpc) is 2.74. The van der Waals surface area contributed by atoms with Crippen LogP contribution >= 0.6 is 11.6 Å². The van der Waals surface area contributed by atoms with Crippen molar-refractivity contribution in [1.29, 1.82) is 0 Å². The molecule has 3 aromatic rings. The van der Waals surface area contributed by atoms with Crippen molar-refractivity contribution in [3.05, 3.63) is 89.7 Å². The van der Waals surface area contributed by atoms with Crippen molar-refractivity contribution < 1.29 is 13.2 Å². The molecule has 2 aromatic carbocycles. The van der Waals surface area contributed by atoms with Crippen molar-refractivity contribution in [2.24, 2.45) is 5.10 Å². The number of hydrazone groups is 1. The lowest BCUT2D eigenvalue weighted by Gasteiger charge is -2.23. The topological polar surface area (TPSA) is 91.7 Å². The molecular formula is C20H17ClN4O3S. The zero-order valence-corrected chi connectivity index (χ0v) is 16.7. The summed E-state index contributed by atoms with van der Waals surface area (Å²) >= 11 is 5.91. The quantitative estimate of drug-likeness (QED) is 0.462. The highest BCUT2D eigenvalue weighted by Crippen LogP contribution is 2.24. The molecule has 3 rings (SSSR count). The van der Waals surface area contributed by atoms with E-state index >= 15 is 0 Å².